The fourth-order valence-electron chi connectivity index (χ4n) is 4.90. The second-order valence-electron chi connectivity index (χ2n) is 9.15. The lowest BCUT2D eigenvalue weighted by Crippen LogP contribution is -2.31. The van der Waals surface area contributed by atoms with E-state index < -0.39 is 38.3 Å². The zero-order valence-electron chi connectivity index (χ0n) is 19.5. The Labute approximate surface area is 220 Å². The zero-order valence-corrected chi connectivity index (χ0v) is 21.1. The highest BCUT2D eigenvalue weighted by atomic mass is 35.5. The van der Waals surface area contributed by atoms with Gasteiger partial charge in [0.25, 0.3) is 0 Å². The summed E-state index contributed by atoms with van der Waals surface area (Å²) >= 11 is 6.21. The SMILES string of the molecule is O=C1c2ccccc2-c2cc(Nc3nc(Cl)nc4c3ncn4[C@@H]3O[C@H](CCP(=O)(O)O)C(O)C3O)ccc21. The van der Waals surface area contributed by atoms with Gasteiger partial charge in [-0.25, -0.2) is 4.98 Å². The summed E-state index contributed by atoms with van der Waals surface area (Å²) in [5.74, 6) is 0.229. The van der Waals surface area contributed by atoms with E-state index in [0.717, 1.165) is 11.1 Å². The van der Waals surface area contributed by atoms with Gasteiger partial charge < -0.3 is 30.1 Å². The fourth-order valence-corrected chi connectivity index (χ4v) is 5.65. The number of carbonyl (C=O) groups excluding carboxylic acids is 1. The largest absolute Gasteiger partial charge is 0.388 e. The number of nitrogens with one attached hydrogen (secondary N) is 1. The maximum atomic E-state index is 12.7. The predicted octanol–water partition coefficient (Wildman–Crippen LogP) is 2.62. The second kappa shape index (κ2) is 9.21. The molecule has 4 atom stereocenters. The van der Waals surface area contributed by atoms with Gasteiger partial charge in [-0.3, -0.25) is 13.9 Å². The summed E-state index contributed by atoms with van der Waals surface area (Å²) in [6.45, 7) is 0. The molecule has 1 aliphatic heterocycles. The first-order valence-electron chi connectivity index (χ1n) is 11.6. The Hall–Kier alpha value is -3.22. The minimum atomic E-state index is -4.31. The van der Waals surface area contributed by atoms with E-state index in [-0.39, 0.29) is 29.0 Å². The van der Waals surface area contributed by atoms with Crippen molar-refractivity contribution in [2.24, 2.45) is 0 Å². The summed E-state index contributed by atoms with van der Waals surface area (Å²) in [4.78, 5) is 43.9. The van der Waals surface area contributed by atoms with E-state index in [1.807, 2.05) is 24.3 Å². The van der Waals surface area contributed by atoms with Crippen molar-refractivity contribution in [3.05, 3.63) is 65.2 Å². The van der Waals surface area contributed by atoms with Gasteiger partial charge in [-0.15, -0.1) is 0 Å². The van der Waals surface area contributed by atoms with E-state index in [0.29, 0.717) is 22.3 Å². The smallest absolute Gasteiger partial charge is 0.325 e. The van der Waals surface area contributed by atoms with Crippen molar-refractivity contribution in [1.82, 2.24) is 19.5 Å². The number of aromatic nitrogens is 4. The van der Waals surface area contributed by atoms with Gasteiger partial charge >= 0.3 is 7.60 Å². The Morgan fingerprint density at radius 1 is 1.03 bits per heavy atom. The molecule has 196 valence electrons. The Morgan fingerprint density at radius 3 is 2.53 bits per heavy atom. The van der Waals surface area contributed by atoms with Crippen molar-refractivity contribution >= 4 is 47.6 Å². The maximum Gasteiger partial charge on any atom is 0.325 e. The quantitative estimate of drug-likeness (QED) is 0.153. The molecule has 14 heteroatoms. The van der Waals surface area contributed by atoms with Crippen LogP contribution in [-0.4, -0.2) is 69.8 Å². The van der Waals surface area contributed by atoms with Gasteiger partial charge in [0.05, 0.1) is 18.6 Å². The van der Waals surface area contributed by atoms with Gasteiger partial charge in [0, 0.05) is 16.8 Å². The van der Waals surface area contributed by atoms with E-state index >= 15 is 0 Å². The van der Waals surface area contributed by atoms with Gasteiger partial charge in [0.2, 0.25) is 5.28 Å². The molecule has 0 amide bonds. The summed E-state index contributed by atoms with van der Waals surface area (Å²) in [6, 6.07) is 12.7. The average molecular weight is 558 g/mol. The second-order valence-corrected chi connectivity index (χ2v) is 11.3. The van der Waals surface area contributed by atoms with Crippen LogP contribution in [-0.2, 0) is 9.30 Å². The third-order valence-electron chi connectivity index (χ3n) is 6.70. The number of ketones is 1. The van der Waals surface area contributed by atoms with Gasteiger partial charge in [-0.1, -0.05) is 24.3 Å². The highest BCUT2D eigenvalue weighted by molar-refractivity contribution is 7.51. The van der Waals surface area contributed by atoms with Gasteiger partial charge in [0.15, 0.2) is 29.0 Å². The van der Waals surface area contributed by atoms with Crippen LogP contribution in [0.2, 0.25) is 5.28 Å². The van der Waals surface area contributed by atoms with E-state index in [4.69, 9.17) is 26.1 Å². The molecule has 3 heterocycles. The number of rotatable bonds is 6. The molecular formula is C24H21ClN5O7P. The van der Waals surface area contributed by atoms with Crippen molar-refractivity contribution in [1.29, 1.82) is 0 Å². The molecule has 2 aromatic heterocycles. The number of fused-ring (bicyclic) bond motifs is 4. The Bertz CT molecular complexity index is 1640. The van der Waals surface area contributed by atoms with E-state index in [9.17, 15) is 19.6 Å². The summed E-state index contributed by atoms with van der Waals surface area (Å²) in [5.41, 5.74) is 4.01. The molecule has 0 saturated carbocycles. The topological polar surface area (TPSA) is 180 Å². The van der Waals surface area contributed by atoms with Crippen LogP contribution < -0.4 is 5.32 Å². The first-order chi connectivity index (χ1) is 18.1. The average Bonchev–Trinajstić information content (AvgIpc) is 3.51. The van der Waals surface area contributed by atoms with Gasteiger partial charge in [-0.2, -0.15) is 9.97 Å². The lowest BCUT2D eigenvalue weighted by molar-refractivity contribution is -0.0355. The van der Waals surface area contributed by atoms with E-state index in [2.05, 4.69) is 20.3 Å². The number of hydrogen-bond acceptors (Lipinski definition) is 9. The summed E-state index contributed by atoms with van der Waals surface area (Å²) in [5, 5.41) is 24.1. The summed E-state index contributed by atoms with van der Waals surface area (Å²) in [6.07, 6.45) is -4.23. The highest BCUT2D eigenvalue weighted by Gasteiger charge is 2.44. The molecule has 5 N–H and O–H groups in total. The molecule has 1 saturated heterocycles. The zero-order chi connectivity index (χ0) is 26.8. The normalized spacial score (nSPS) is 22.6. The number of hydrogen-bond donors (Lipinski definition) is 5. The maximum absolute atomic E-state index is 12.7. The number of aliphatic hydroxyl groups excluding tert-OH is 2. The monoisotopic (exact) mass is 557 g/mol. The number of anilines is 2. The Morgan fingerprint density at radius 2 is 1.76 bits per heavy atom. The molecule has 2 unspecified atom stereocenters. The molecule has 6 rings (SSSR count). The number of aliphatic hydroxyl groups is 2. The molecule has 0 radical (unpaired) electrons. The molecule has 12 nitrogen and oxygen atoms in total. The number of benzene rings is 2. The van der Waals surface area contributed by atoms with Crippen LogP contribution in [0.1, 0.15) is 28.6 Å². The van der Waals surface area contributed by atoms with Crippen LogP contribution in [0.4, 0.5) is 11.5 Å². The van der Waals surface area contributed by atoms with Crippen LogP contribution in [0.15, 0.2) is 48.8 Å². The van der Waals surface area contributed by atoms with Crippen molar-refractivity contribution in [3.8, 4) is 11.1 Å². The van der Waals surface area contributed by atoms with Crippen LogP contribution in [0.5, 0.6) is 0 Å². The number of carbonyl (C=O) groups is 1. The van der Waals surface area contributed by atoms with Gasteiger partial charge in [0.1, 0.15) is 12.2 Å². The van der Waals surface area contributed by atoms with Crippen molar-refractivity contribution in [2.45, 2.75) is 31.0 Å². The third kappa shape index (κ3) is 4.30. The van der Waals surface area contributed by atoms with Gasteiger partial charge in [-0.05, 0) is 47.3 Å². The first kappa shape index (κ1) is 25.1. The first-order valence-corrected chi connectivity index (χ1v) is 13.8. The van der Waals surface area contributed by atoms with Crippen LogP contribution in [0, 0.1) is 0 Å². The molecule has 2 aliphatic rings. The summed E-state index contributed by atoms with van der Waals surface area (Å²) in [7, 11) is -4.31. The molecule has 0 spiro atoms. The molecule has 38 heavy (non-hydrogen) atoms. The minimum absolute atomic E-state index is 0.0372. The number of halogens is 1. The molecule has 1 fully saturated rings. The van der Waals surface area contributed by atoms with Crippen molar-refractivity contribution in [3.63, 3.8) is 0 Å². The van der Waals surface area contributed by atoms with Crippen molar-refractivity contribution in [2.75, 3.05) is 11.5 Å². The van der Waals surface area contributed by atoms with Crippen LogP contribution in [0.3, 0.4) is 0 Å². The Kier molecular flexibility index (Phi) is 6.08. The standard InChI is InChI=1S/C24H21ClN5O7P/c25-24-28-21(27-11-5-6-14-15(9-11)12-3-1-2-4-13(12)18(14)31)17-22(29-24)30(10-26-17)23-20(33)19(32)16(37-23)7-8-38(34,35)36/h1-6,9-10,16,19-20,23,32-33H,7-8H2,(H,27,28,29)(H2,34,35,36)/t16-,19?,20?,23-/m1/s1. The third-order valence-corrected chi connectivity index (χ3v) is 7.71. The van der Waals surface area contributed by atoms with Crippen LogP contribution >= 0.6 is 19.2 Å². The predicted molar refractivity (Wildman–Crippen MR) is 136 cm³/mol. The van der Waals surface area contributed by atoms with Crippen molar-refractivity contribution < 1.29 is 34.1 Å². The van der Waals surface area contributed by atoms with E-state index in [1.54, 1.807) is 18.2 Å². The van der Waals surface area contributed by atoms with Crippen LogP contribution in [0.25, 0.3) is 22.3 Å². The summed E-state index contributed by atoms with van der Waals surface area (Å²) < 4.78 is 18.4. The number of nitrogens with zero attached hydrogens (tertiary/aromatic N) is 4. The molecule has 1 aliphatic carbocycles. The fraction of sp³-hybridized carbons (Fsp3) is 0.250. The molecule has 4 aromatic rings. The Balaban J connectivity index is 1.32. The minimum Gasteiger partial charge on any atom is -0.388 e. The lowest BCUT2D eigenvalue weighted by Gasteiger charge is -2.17. The molecule has 2 aromatic carbocycles. The number of imidazole rings is 1. The molecular weight excluding hydrogens is 537 g/mol. The van der Waals surface area contributed by atoms with E-state index in [1.165, 1.54) is 10.9 Å². The molecule has 0 bridgehead atoms. The highest BCUT2D eigenvalue weighted by Crippen LogP contribution is 2.41. The lowest BCUT2D eigenvalue weighted by atomic mass is 10.1. The number of ether oxygens (including phenoxy) is 1.